The SMILES string of the molecule is CCNc1nc(OCC)nc(N(C)C(C)COC)n1. The molecule has 0 aliphatic carbocycles. The number of nitrogens with one attached hydrogen (secondary N) is 1. The molecule has 108 valence electrons. The minimum absolute atomic E-state index is 0.163. The van der Waals surface area contributed by atoms with Gasteiger partial charge in [0.2, 0.25) is 11.9 Å². The van der Waals surface area contributed by atoms with E-state index in [1.807, 2.05) is 32.7 Å². The molecule has 1 unspecified atom stereocenters. The Hall–Kier alpha value is -1.63. The Balaban J connectivity index is 2.96. The summed E-state index contributed by atoms with van der Waals surface area (Å²) in [5, 5.41) is 3.07. The topological polar surface area (TPSA) is 72.4 Å². The van der Waals surface area contributed by atoms with Crippen molar-refractivity contribution in [2.45, 2.75) is 26.8 Å². The molecule has 1 aromatic rings. The molecule has 1 rings (SSSR count). The number of aromatic nitrogens is 3. The van der Waals surface area contributed by atoms with Crippen molar-refractivity contribution in [1.82, 2.24) is 15.0 Å². The molecular formula is C12H23N5O2. The van der Waals surface area contributed by atoms with Crippen molar-refractivity contribution in [3.63, 3.8) is 0 Å². The zero-order valence-electron chi connectivity index (χ0n) is 12.3. The molecule has 0 aliphatic rings. The van der Waals surface area contributed by atoms with Gasteiger partial charge in [-0.1, -0.05) is 0 Å². The summed E-state index contributed by atoms with van der Waals surface area (Å²) >= 11 is 0. The van der Waals surface area contributed by atoms with E-state index in [9.17, 15) is 0 Å². The number of likely N-dealkylation sites (N-methyl/N-ethyl adjacent to an activating group) is 1. The minimum Gasteiger partial charge on any atom is -0.464 e. The van der Waals surface area contributed by atoms with Gasteiger partial charge >= 0.3 is 6.01 Å². The molecule has 7 nitrogen and oxygen atoms in total. The third-order valence-corrected chi connectivity index (χ3v) is 2.60. The maximum absolute atomic E-state index is 5.36. The lowest BCUT2D eigenvalue weighted by atomic mass is 10.3. The minimum atomic E-state index is 0.163. The molecule has 0 aromatic carbocycles. The lowest BCUT2D eigenvalue weighted by Crippen LogP contribution is -2.34. The van der Waals surface area contributed by atoms with Crippen LogP contribution in [0.25, 0.3) is 0 Å². The van der Waals surface area contributed by atoms with Crippen molar-refractivity contribution >= 4 is 11.9 Å². The van der Waals surface area contributed by atoms with Crippen LogP contribution in [0.4, 0.5) is 11.9 Å². The highest BCUT2D eigenvalue weighted by molar-refractivity contribution is 5.38. The third kappa shape index (κ3) is 4.51. The van der Waals surface area contributed by atoms with Crippen molar-refractivity contribution < 1.29 is 9.47 Å². The smallest absolute Gasteiger partial charge is 0.323 e. The standard InChI is InChI=1S/C12H23N5O2/c1-6-13-10-14-11(16-12(15-10)19-7-2)17(4)9(3)8-18-5/h9H,6-8H2,1-5H3,(H,13,14,15,16). The first-order valence-electron chi connectivity index (χ1n) is 6.46. The zero-order chi connectivity index (χ0) is 14.3. The highest BCUT2D eigenvalue weighted by Gasteiger charge is 2.15. The Labute approximate surface area is 114 Å². The van der Waals surface area contributed by atoms with Crippen LogP contribution >= 0.6 is 0 Å². The average molecular weight is 269 g/mol. The fourth-order valence-corrected chi connectivity index (χ4v) is 1.48. The zero-order valence-corrected chi connectivity index (χ0v) is 12.3. The van der Waals surface area contributed by atoms with Gasteiger partial charge in [0.05, 0.1) is 19.3 Å². The summed E-state index contributed by atoms with van der Waals surface area (Å²) in [4.78, 5) is 14.8. The van der Waals surface area contributed by atoms with Gasteiger partial charge in [0.25, 0.3) is 0 Å². The molecule has 1 atom stereocenters. The molecule has 0 spiro atoms. The van der Waals surface area contributed by atoms with Gasteiger partial charge in [0.15, 0.2) is 0 Å². The number of rotatable bonds is 8. The summed E-state index contributed by atoms with van der Waals surface area (Å²) in [6, 6.07) is 0.497. The van der Waals surface area contributed by atoms with Crippen molar-refractivity contribution in [2.24, 2.45) is 0 Å². The number of hydrogen-bond donors (Lipinski definition) is 1. The molecule has 1 heterocycles. The van der Waals surface area contributed by atoms with Gasteiger partial charge in [-0.15, -0.1) is 0 Å². The highest BCUT2D eigenvalue weighted by atomic mass is 16.5. The third-order valence-electron chi connectivity index (χ3n) is 2.60. The second-order valence-electron chi connectivity index (χ2n) is 4.12. The van der Waals surface area contributed by atoms with Gasteiger partial charge in [-0.2, -0.15) is 15.0 Å². The fourth-order valence-electron chi connectivity index (χ4n) is 1.48. The number of methoxy groups -OCH3 is 1. The number of nitrogens with zero attached hydrogens (tertiary/aromatic N) is 4. The van der Waals surface area contributed by atoms with Crippen LogP contribution in [0.2, 0.25) is 0 Å². The number of ether oxygens (including phenoxy) is 2. The predicted molar refractivity (Wildman–Crippen MR) is 74.9 cm³/mol. The second-order valence-corrected chi connectivity index (χ2v) is 4.12. The number of anilines is 2. The van der Waals surface area contributed by atoms with E-state index in [4.69, 9.17) is 9.47 Å². The first-order chi connectivity index (χ1) is 9.12. The Morgan fingerprint density at radius 3 is 2.58 bits per heavy atom. The van der Waals surface area contributed by atoms with Crippen LogP contribution < -0.4 is 15.0 Å². The van der Waals surface area contributed by atoms with E-state index < -0.39 is 0 Å². The molecule has 0 aliphatic heterocycles. The average Bonchev–Trinajstić information content (AvgIpc) is 2.38. The van der Waals surface area contributed by atoms with Crippen LogP contribution in [0.5, 0.6) is 6.01 Å². The van der Waals surface area contributed by atoms with Crippen LogP contribution in [0.1, 0.15) is 20.8 Å². The van der Waals surface area contributed by atoms with Crippen LogP contribution in [0, 0.1) is 0 Å². The fraction of sp³-hybridized carbons (Fsp3) is 0.750. The highest BCUT2D eigenvalue weighted by Crippen LogP contribution is 2.15. The maximum Gasteiger partial charge on any atom is 0.323 e. The summed E-state index contributed by atoms with van der Waals surface area (Å²) in [6.45, 7) is 7.79. The van der Waals surface area contributed by atoms with Gasteiger partial charge in [0, 0.05) is 20.7 Å². The van der Waals surface area contributed by atoms with Crippen molar-refractivity contribution in [1.29, 1.82) is 0 Å². The molecule has 1 N–H and O–H groups in total. The van der Waals surface area contributed by atoms with Crippen LogP contribution in [0.3, 0.4) is 0 Å². The van der Waals surface area contributed by atoms with Crippen molar-refractivity contribution in [3.8, 4) is 6.01 Å². The number of hydrogen-bond acceptors (Lipinski definition) is 7. The van der Waals surface area contributed by atoms with E-state index in [0.29, 0.717) is 31.1 Å². The molecule has 0 bridgehead atoms. The molecule has 7 heteroatoms. The monoisotopic (exact) mass is 269 g/mol. The summed E-state index contributed by atoms with van der Waals surface area (Å²) in [6.07, 6.45) is 0. The molecular weight excluding hydrogens is 246 g/mol. The summed E-state index contributed by atoms with van der Waals surface area (Å²) < 4.78 is 10.5. The summed E-state index contributed by atoms with van der Waals surface area (Å²) in [7, 11) is 3.60. The van der Waals surface area contributed by atoms with Gasteiger partial charge in [-0.25, -0.2) is 0 Å². The first-order valence-corrected chi connectivity index (χ1v) is 6.46. The van der Waals surface area contributed by atoms with E-state index >= 15 is 0 Å². The predicted octanol–water partition coefficient (Wildman–Crippen LogP) is 1.17. The molecule has 0 radical (unpaired) electrons. The lowest BCUT2D eigenvalue weighted by molar-refractivity contribution is 0.182. The normalized spacial score (nSPS) is 12.1. The Morgan fingerprint density at radius 2 is 2.00 bits per heavy atom. The Bertz CT molecular complexity index is 364. The second kappa shape index (κ2) is 7.73. The van der Waals surface area contributed by atoms with Gasteiger partial charge in [-0.3, -0.25) is 0 Å². The van der Waals surface area contributed by atoms with Crippen LogP contribution in [0.15, 0.2) is 0 Å². The van der Waals surface area contributed by atoms with E-state index in [2.05, 4.69) is 20.3 Å². The Kier molecular flexibility index (Phi) is 6.27. The molecule has 1 aromatic heterocycles. The summed E-state index contributed by atoms with van der Waals surface area (Å²) in [5.74, 6) is 1.09. The van der Waals surface area contributed by atoms with Gasteiger partial charge in [-0.05, 0) is 20.8 Å². The molecule has 0 fully saturated rings. The van der Waals surface area contributed by atoms with Crippen LogP contribution in [-0.4, -0.2) is 54.9 Å². The maximum atomic E-state index is 5.36. The quantitative estimate of drug-likeness (QED) is 0.759. The van der Waals surface area contributed by atoms with E-state index in [0.717, 1.165) is 6.54 Å². The van der Waals surface area contributed by atoms with E-state index in [1.165, 1.54) is 0 Å². The molecule has 0 amide bonds. The first kappa shape index (κ1) is 15.4. The summed E-state index contributed by atoms with van der Waals surface area (Å²) in [5.41, 5.74) is 0. The lowest BCUT2D eigenvalue weighted by Gasteiger charge is -2.24. The largest absolute Gasteiger partial charge is 0.464 e. The molecule has 0 saturated heterocycles. The van der Waals surface area contributed by atoms with Crippen molar-refractivity contribution in [3.05, 3.63) is 0 Å². The molecule has 19 heavy (non-hydrogen) atoms. The van der Waals surface area contributed by atoms with Crippen molar-refractivity contribution in [2.75, 3.05) is 44.1 Å². The van der Waals surface area contributed by atoms with Gasteiger partial charge in [0.1, 0.15) is 0 Å². The van der Waals surface area contributed by atoms with Gasteiger partial charge < -0.3 is 19.7 Å². The Morgan fingerprint density at radius 1 is 1.26 bits per heavy atom. The molecule has 0 saturated carbocycles. The van der Waals surface area contributed by atoms with E-state index in [-0.39, 0.29) is 6.04 Å². The van der Waals surface area contributed by atoms with Crippen LogP contribution in [-0.2, 0) is 4.74 Å². The van der Waals surface area contributed by atoms with E-state index in [1.54, 1.807) is 7.11 Å².